The molecule has 154 valence electrons. The molecule has 3 heterocycles. The summed E-state index contributed by atoms with van der Waals surface area (Å²) < 4.78 is 2.04. The van der Waals surface area contributed by atoms with Crippen LogP contribution in [0.1, 0.15) is 36.6 Å². The van der Waals surface area contributed by atoms with Crippen molar-refractivity contribution in [2.24, 2.45) is 0 Å². The van der Waals surface area contributed by atoms with Gasteiger partial charge in [0.2, 0.25) is 11.8 Å². The summed E-state index contributed by atoms with van der Waals surface area (Å²) in [5.41, 5.74) is 3.90. The van der Waals surface area contributed by atoms with Gasteiger partial charge in [-0.2, -0.15) is 0 Å². The Morgan fingerprint density at radius 3 is 2.70 bits per heavy atom. The molecule has 3 aromatic rings. The van der Waals surface area contributed by atoms with Crippen molar-refractivity contribution in [2.75, 3.05) is 24.5 Å². The second-order valence-corrected chi connectivity index (χ2v) is 8.38. The molecule has 5 rings (SSSR count). The van der Waals surface area contributed by atoms with Gasteiger partial charge in [-0.05, 0) is 49.6 Å². The standard InChI is InChI=1S/C24H26N4O2/c1-17-7-6-8-19(13-17)27-15-18(14-22(27)29)24-25-20-9-2-3-10-21(20)28(24)16-23(30)26-11-4-5-12-26/h2-3,6-10,13,18H,4-5,11-12,14-16H2,1H3. The summed E-state index contributed by atoms with van der Waals surface area (Å²) in [6.45, 7) is 4.58. The number of fused-ring (bicyclic) bond motifs is 1. The van der Waals surface area contributed by atoms with Crippen molar-refractivity contribution in [2.45, 2.75) is 38.6 Å². The van der Waals surface area contributed by atoms with Crippen LogP contribution < -0.4 is 4.90 Å². The number of rotatable bonds is 4. The molecule has 1 atom stereocenters. The third-order valence-electron chi connectivity index (χ3n) is 6.24. The smallest absolute Gasteiger partial charge is 0.242 e. The number of aromatic nitrogens is 2. The fourth-order valence-corrected chi connectivity index (χ4v) is 4.70. The molecule has 2 amide bonds. The maximum Gasteiger partial charge on any atom is 0.242 e. The highest BCUT2D eigenvalue weighted by Gasteiger charge is 2.35. The second-order valence-electron chi connectivity index (χ2n) is 8.38. The zero-order valence-corrected chi connectivity index (χ0v) is 17.3. The number of hydrogen-bond donors (Lipinski definition) is 0. The molecule has 1 unspecified atom stereocenters. The fraction of sp³-hybridized carbons (Fsp3) is 0.375. The van der Waals surface area contributed by atoms with Gasteiger partial charge in [0, 0.05) is 37.7 Å². The molecule has 0 aliphatic carbocycles. The van der Waals surface area contributed by atoms with Crippen LogP contribution >= 0.6 is 0 Å². The maximum absolute atomic E-state index is 12.9. The number of carbonyl (C=O) groups excluding carboxylic acids is 2. The minimum absolute atomic E-state index is 0.0307. The first kappa shape index (κ1) is 18.9. The SMILES string of the molecule is Cc1cccc(N2CC(c3nc4ccccc4n3CC(=O)N3CCCC3)CC2=O)c1. The lowest BCUT2D eigenvalue weighted by atomic mass is 10.1. The van der Waals surface area contributed by atoms with Crippen molar-refractivity contribution in [1.29, 1.82) is 0 Å². The number of imidazole rings is 1. The Morgan fingerprint density at radius 1 is 1.10 bits per heavy atom. The third kappa shape index (κ3) is 3.36. The molecule has 2 saturated heterocycles. The normalized spacial score (nSPS) is 19.2. The Morgan fingerprint density at radius 2 is 1.90 bits per heavy atom. The number of amides is 2. The van der Waals surface area contributed by atoms with E-state index in [1.54, 1.807) is 0 Å². The lowest BCUT2D eigenvalue weighted by molar-refractivity contribution is -0.130. The minimum Gasteiger partial charge on any atom is -0.341 e. The van der Waals surface area contributed by atoms with Crippen molar-refractivity contribution in [3.8, 4) is 0 Å². The van der Waals surface area contributed by atoms with Crippen LogP contribution in [-0.4, -0.2) is 45.9 Å². The van der Waals surface area contributed by atoms with Crippen LogP contribution in [-0.2, 0) is 16.1 Å². The number of hydrogen-bond acceptors (Lipinski definition) is 3. The van der Waals surface area contributed by atoms with E-state index in [-0.39, 0.29) is 24.3 Å². The van der Waals surface area contributed by atoms with Crippen LogP contribution in [0.4, 0.5) is 5.69 Å². The van der Waals surface area contributed by atoms with E-state index in [1.165, 1.54) is 0 Å². The summed E-state index contributed by atoms with van der Waals surface area (Å²) in [6, 6.07) is 16.0. The Bertz CT molecular complexity index is 1110. The van der Waals surface area contributed by atoms with Crippen molar-refractivity contribution in [3.63, 3.8) is 0 Å². The minimum atomic E-state index is -0.0307. The Balaban J connectivity index is 1.48. The Labute approximate surface area is 176 Å². The lowest BCUT2D eigenvalue weighted by Crippen LogP contribution is -2.32. The van der Waals surface area contributed by atoms with Crippen molar-refractivity contribution in [1.82, 2.24) is 14.5 Å². The fourth-order valence-electron chi connectivity index (χ4n) is 4.70. The molecule has 6 nitrogen and oxygen atoms in total. The van der Waals surface area contributed by atoms with Crippen molar-refractivity contribution in [3.05, 3.63) is 59.9 Å². The average molecular weight is 402 g/mol. The van der Waals surface area contributed by atoms with Gasteiger partial charge in [0.25, 0.3) is 0 Å². The van der Waals surface area contributed by atoms with Crippen LogP contribution in [0, 0.1) is 6.92 Å². The first-order chi connectivity index (χ1) is 14.6. The number of benzene rings is 2. The summed E-state index contributed by atoms with van der Waals surface area (Å²) >= 11 is 0. The quantitative estimate of drug-likeness (QED) is 0.671. The molecular formula is C24H26N4O2. The molecule has 0 saturated carbocycles. The first-order valence-corrected chi connectivity index (χ1v) is 10.7. The molecule has 0 spiro atoms. The molecule has 2 aromatic carbocycles. The van der Waals surface area contributed by atoms with Crippen LogP contribution in [0.5, 0.6) is 0 Å². The van der Waals surface area contributed by atoms with E-state index in [0.717, 1.165) is 54.0 Å². The highest BCUT2D eigenvalue weighted by molar-refractivity contribution is 5.96. The molecule has 2 aliphatic rings. The molecule has 0 bridgehead atoms. The highest BCUT2D eigenvalue weighted by atomic mass is 16.2. The van der Waals surface area contributed by atoms with E-state index in [9.17, 15) is 9.59 Å². The largest absolute Gasteiger partial charge is 0.341 e. The first-order valence-electron chi connectivity index (χ1n) is 10.7. The van der Waals surface area contributed by atoms with E-state index >= 15 is 0 Å². The van der Waals surface area contributed by atoms with Gasteiger partial charge in [-0.1, -0.05) is 24.3 Å². The van der Waals surface area contributed by atoms with Gasteiger partial charge in [-0.3, -0.25) is 9.59 Å². The second kappa shape index (κ2) is 7.59. The number of para-hydroxylation sites is 2. The number of likely N-dealkylation sites (tertiary alicyclic amines) is 1. The Kier molecular flexibility index (Phi) is 4.77. The van der Waals surface area contributed by atoms with Gasteiger partial charge in [0.15, 0.2) is 0 Å². The molecule has 30 heavy (non-hydrogen) atoms. The van der Waals surface area contributed by atoms with Crippen molar-refractivity contribution >= 4 is 28.5 Å². The molecule has 2 aliphatic heterocycles. The van der Waals surface area contributed by atoms with Gasteiger partial charge in [-0.25, -0.2) is 4.98 Å². The Hall–Kier alpha value is -3.15. The monoisotopic (exact) mass is 402 g/mol. The predicted octanol–water partition coefficient (Wildman–Crippen LogP) is 3.49. The van der Waals surface area contributed by atoms with E-state index in [2.05, 4.69) is 0 Å². The molecule has 1 aromatic heterocycles. The molecular weight excluding hydrogens is 376 g/mol. The van der Waals surface area contributed by atoms with Gasteiger partial charge < -0.3 is 14.4 Å². The highest BCUT2D eigenvalue weighted by Crippen LogP contribution is 2.33. The number of aryl methyl sites for hydroxylation is 1. The maximum atomic E-state index is 12.9. The van der Waals surface area contributed by atoms with Crippen LogP contribution in [0.15, 0.2) is 48.5 Å². The van der Waals surface area contributed by atoms with Gasteiger partial charge >= 0.3 is 0 Å². The summed E-state index contributed by atoms with van der Waals surface area (Å²) in [5.74, 6) is 1.05. The zero-order chi connectivity index (χ0) is 20.7. The summed E-state index contributed by atoms with van der Waals surface area (Å²) in [5, 5.41) is 0. The molecule has 0 radical (unpaired) electrons. The van der Waals surface area contributed by atoms with Gasteiger partial charge in [0.05, 0.1) is 11.0 Å². The predicted molar refractivity (Wildman–Crippen MR) is 116 cm³/mol. The number of carbonyl (C=O) groups is 2. The molecule has 6 heteroatoms. The topological polar surface area (TPSA) is 58.4 Å². The lowest BCUT2D eigenvalue weighted by Gasteiger charge is -2.19. The van der Waals surface area contributed by atoms with E-state index in [4.69, 9.17) is 4.98 Å². The van der Waals surface area contributed by atoms with Crippen LogP contribution in [0.2, 0.25) is 0 Å². The molecule has 2 fully saturated rings. The summed E-state index contributed by atoms with van der Waals surface area (Å²) in [4.78, 5) is 34.4. The zero-order valence-electron chi connectivity index (χ0n) is 17.3. The summed E-state index contributed by atoms with van der Waals surface area (Å²) in [7, 11) is 0. The van der Waals surface area contributed by atoms with E-state index < -0.39 is 0 Å². The number of anilines is 1. The van der Waals surface area contributed by atoms with Crippen molar-refractivity contribution < 1.29 is 9.59 Å². The third-order valence-corrected chi connectivity index (χ3v) is 6.24. The summed E-state index contributed by atoms with van der Waals surface area (Å²) in [6.07, 6.45) is 2.56. The molecule has 0 N–H and O–H groups in total. The number of nitrogens with zero attached hydrogens (tertiary/aromatic N) is 4. The van der Waals surface area contributed by atoms with Crippen LogP contribution in [0.3, 0.4) is 0 Å². The average Bonchev–Trinajstić information content (AvgIpc) is 3.47. The van der Waals surface area contributed by atoms with E-state index in [1.807, 2.05) is 69.8 Å². The van der Waals surface area contributed by atoms with E-state index in [0.29, 0.717) is 13.0 Å². The van der Waals surface area contributed by atoms with Crippen LogP contribution in [0.25, 0.3) is 11.0 Å². The van der Waals surface area contributed by atoms with Gasteiger partial charge in [0.1, 0.15) is 12.4 Å². The van der Waals surface area contributed by atoms with Gasteiger partial charge in [-0.15, -0.1) is 0 Å².